The average Bonchev–Trinajstić information content (AvgIpc) is 2.96. The number of hydrogen-bond acceptors (Lipinski definition) is 3. The molecule has 22 heavy (non-hydrogen) atoms. The minimum absolute atomic E-state index is 0.405. The second-order valence-electron chi connectivity index (χ2n) is 8.85. The Labute approximate surface area is 135 Å². The maximum Gasteiger partial charge on any atom is 0.118 e. The fraction of sp³-hybridized carbons (Fsp3) is 0.789. The molecule has 0 aliphatic carbocycles. The summed E-state index contributed by atoms with van der Waals surface area (Å²) < 4.78 is 5.76. The molecule has 1 atom stereocenters. The predicted octanol–water partition coefficient (Wildman–Crippen LogP) is 3.92. The first-order valence-corrected chi connectivity index (χ1v) is 8.84. The van der Waals surface area contributed by atoms with E-state index < -0.39 is 0 Å². The van der Waals surface area contributed by atoms with Crippen LogP contribution in [0.5, 0.6) is 0 Å². The van der Waals surface area contributed by atoms with Gasteiger partial charge >= 0.3 is 0 Å². The van der Waals surface area contributed by atoms with Crippen LogP contribution in [0.15, 0.2) is 16.5 Å². The highest BCUT2D eigenvalue weighted by molar-refractivity contribution is 5.06. The Kier molecular flexibility index (Phi) is 4.39. The van der Waals surface area contributed by atoms with Gasteiger partial charge in [-0.25, -0.2) is 0 Å². The van der Waals surface area contributed by atoms with Crippen molar-refractivity contribution >= 4 is 0 Å². The molecular formula is C19H32N2O. The Morgan fingerprint density at radius 1 is 1.09 bits per heavy atom. The quantitative estimate of drug-likeness (QED) is 0.844. The molecule has 124 valence electrons. The Bertz CT molecular complexity index is 502. The van der Waals surface area contributed by atoms with Crippen molar-refractivity contribution in [3.05, 3.63) is 23.7 Å². The van der Waals surface area contributed by atoms with Crippen molar-refractivity contribution < 1.29 is 4.42 Å². The smallest absolute Gasteiger partial charge is 0.118 e. The highest BCUT2D eigenvalue weighted by Crippen LogP contribution is 2.40. The lowest BCUT2D eigenvalue weighted by atomic mass is 9.78. The summed E-state index contributed by atoms with van der Waals surface area (Å²) >= 11 is 0. The minimum Gasteiger partial charge on any atom is -0.465 e. The summed E-state index contributed by atoms with van der Waals surface area (Å²) in [6.45, 7) is 16.4. The lowest BCUT2D eigenvalue weighted by molar-refractivity contribution is 0.0667. The zero-order valence-electron chi connectivity index (χ0n) is 14.8. The van der Waals surface area contributed by atoms with Crippen molar-refractivity contribution in [2.24, 2.45) is 10.8 Å². The number of hydrogen-bond donors (Lipinski definition) is 0. The van der Waals surface area contributed by atoms with E-state index in [2.05, 4.69) is 42.7 Å². The van der Waals surface area contributed by atoms with Crippen molar-refractivity contribution in [3.63, 3.8) is 0 Å². The predicted molar refractivity (Wildman–Crippen MR) is 90.9 cm³/mol. The molecule has 3 rings (SSSR count). The van der Waals surface area contributed by atoms with Crippen LogP contribution in [-0.2, 0) is 6.54 Å². The molecule has 2 aliphatic rings. The second kappa shape index (κ2) is 6.01. The Balaban J connectivity index is 1.58. The summed E-state index contributed by atoms with van der Waals surface area (Å²) in [4.78, 5) is 5.31. The standard InChI is InChI=1S/C19H32N2O/c1-16-6-7-17(22-16)12-20-11-9-19(14-20)8-5-10-21(15-19)13-18(2,3)4/h6-7H,5,8-15H2,1-4H3. The molecule has 2 saturated heterocycles. The molecule has 1 spiro atoms. The van der Waals surface area contributed by atoms with Gasteiger partial charge in [-0.2, -0.15) is 0 Å². The van der Waals surface area contributed by atoms with Crippen molar-refractivity contribution in [3.8, 4) is 0 Å². The van der Waals surface area contributed by atoms with Gasteiger partial charge in [0.15, 0.2) is 0 Å². The lowest BCUT2D eigenvalue weighted by Crippen LogP contribution is -2.47. The van der Waals surface area contributed by atoms with E-state index in [1.54, 1.807) is 0 Å². The molecule has 3 heteroatoms. The SMILES string of the molecule is Cc1ccc(CN2CCC3(CCCN(CC(C)(C)C)C3)C2)o1. The maximum absolute atomic E-state index is 5.76. The summed E-state index contributed by atoms with van der Waals surface area (Å²) in [6.07, 6.45) is 4.12. The molecule has 3 heterocycles. The van der Waals surface area contributed by atoms with Gasteiger partial charge in [0, 0.05) is 19.6 Å². The Morgan fingerprint density at radius 2 is 1.86 bits per heavy atom. The zero-order valence-corrected chi connectivity index (χ0v) is 14.8. The average molecular weight is 304 g/mol. The van der Waals surface area contributed by atoms with E-state index in [9.17, 15) is 0 Å². The van der Waals surface area contributed by atoms with Gasteiger partial charge in [0.2, 0.25) is 0 Å². The van der Waals surface area contributed by atoms with E-state index in [0.717, 1.165) is 18.1 Å². The topological polar surface area (TPSA) is 19.6 Å². The van der Waals surface area contributed by atoms with E-state index in [1.165, 1.54) is 52.0 Å². The summed E-state index contributed by atoms with van der Waals surface area (Å²) in [5.74, 6) is 2.15. The van der Waals surface area contributed by atoms with Crippen LogP contribution in [0.2, 0.25) is 0 Å². The number of aryl methyl sites for hydroxylation is 1. The van der Waals surface area contributed by atoms with Gasteiger partial charge in [0.05, 0.1) is 6.54 Å². The molecule has 1 aromatic heterocycles. The Hall–Kier alpha value is -0.800. The van der Waals surface area contributed by atoms with Crippen LogP contribution in [0.1, 0.15) is 51.6 Å². The molecule has 3 nitrogen and oxygen atoms in total. The monoisotopic (exact) mass is 304 g/mol. The maximum atomic E-state index is 5.76. The van der Waals surface area contributed by atoms with E-state index in [-0.39, 0.29) is 0 Å². The highest BCUT2D eigenvalue weighted by Gasteiger charge is 2.41. The first kappa shape index (κ1) is 16.1. The van der Waals surface area contributed by atoms with Crippen LogP contribution in [-0.4, -0.2) is 42.5 Å². The number of likely N-dealkylation sites (tertiary alicyclic amines) is 2. The summed E-state index contributed by atoms with van der Waals surface area (Å²) in [6, 6.07) is 4.21. The van der Waals surface area contributed by atoms with Crippen molar-refractivity contribution in [1.82, 2.24) is 9.80 Å². The molecule has 0 bridgehead atoms. The number of piperidine rings is 1. The molecular weight excluding hydrogens is 272 g/mol. The third kappa shape index (κ3) is 3.94. The van der Waals surface area contributed by atoms with Crippen molar-refractivity contribution in [2.45, 2.75) is 53.5 Å². The van der Waals surface area contributed by atoms with Crippen molar-refractivity contribution in [2.75, 3.05) is 32.7 Å². The van der Waals surface area contributed by atoms with Gasteiger partial charge in [-0.05, 0) is 62.2 Å². The minimum atomic E-state index is 0.405. The number of nitrogens with zero attached hydrogens (tertiary/aromatic N) is 2. The highest BCUT2D eigenvalue weighted by atomic mass is 16.3. The number of rotatable bonds is 3. The van der Waals surface area contributed by atoms with Gasteiger partial charge in [-0.1, -0.05) is 20.8 Å². The fourth-order valence-electron chi connectivity index (χ4n) is 4.40. The van der Waals surface area contributed by atoms with Gasteiger partial charge in [-0.3, -0.25) is 4.90 Å². The summed E-state index contributed by atoms with van der Waals surface area (Å²) in [5.41, 5.74) is 0.938. The molecule has 0 radical (unpaired) electrons. The van der Waals surface area contributed by atoms with Gasteiger partial charge in [0.25, 0.3) is 0 Å². The molecule has 0 aromatic carbocycles. The van der Waals surface area contributed by atoms with Gasteiger partial charge in [-0.15, -0.1) is 0 Å². The fourth-order valence-corrected chi connectivity index (χ4v) is 4.40. The lowest BCUT2D eigenvalue weighted by Gasteiger charge is -2.42. The second-order valence-corrected chi connectivity index (χ2v) is 8.85. The van der Waals surface area contributed by atoms with E-state index in [1.807, 2.05) is 6.92 Å². The first-order chi connectivity index (χ1) is 10.3. The normalized spacial score (nSPS) is 27.8. The van der Waals surface area contributed by atoms with Crippen LogP contribution in [0.3, 0.4) is 0 Å². The molecule has 2 fully saturated rings. The molecule has 0 N–H and O–H groups in total. The van der Waals surface area contributed by atoms with Gasteiger partial charge < -0.3 is 9.32 Å². The summed E-state index contributed by atoms with van der Waals surface area (Å²) in [7, 11) is 0. The molecule has 1 aromatic rings. The Morgan fingerprint density at radius 3 is 2.55 bits per heavy atom. The zero-order chi connectivity index (χ0) is 15.8. The third-order valence-electron chi connectivity index (χ3n) is 5.13. The van der Waals surface area contributed by atoms with E-state index >= 15 is 0 Å². The van der Waals surface area contributed by atoms with Crippen LogP contribution >= 0.6 is 0 Å². The first-order valence-electron chi connectivity index (χ1n) is 8.84. The van der Waals surface area contributed by atoms with Crippen LogP contribution in [0.25, 0.3) is 0 Å². The molecule has 0 amide bonds. The van der Waals surface area contributed by atoms with Crippen LogP contribution < -0.4 is 0 Å². The summed E-state index contributed by atoms with van der Waals surface area (Å²) in [5, 5.41) is 0. The third-order valence-corrected chi connectivity index (χ3v) is 5.13. The van der Waals surface area contributed by atoms with Gasteiger partial charge in [0.1, 0.15) is 11.5 Å². The molecule has 1 unspecified atom stereocenters. The van der Waals surface area contributed by atoms with Crippen LogP contribution in [0, 0.1) is 17.8 Å². The molecule has 0 saturated carbocycles. The largest absolute Gasteiger partial charge is 0.465 e. The number of furan rings is 1. The van der Waals surface area contributed by atoms with Crippen molar-refractivity contribution in [1.29, 1.82) is 0 Å². The molecule has 2 aliphatic heterocycles. The van der Waals surface area contributed by atoms with E-state index in [4.69, 9.17) is 4.42 Å². The van der Waals surface area contributed by atoms with Crippen LogP contribution in [0.4, 0.5) is 0 Å². The van der Waals surface area contributed by atoms with E-state index in [0.29, 0.717) is 10.8 Å².